The van der Waals surface area contributed by atoms with Crippen LogP contribution in [0.4, 0.5) is 5.69 Å². The minimum atomic E-state index is -1.04. The summed E-state index contributed by atoms with van der Waals surface area (Å²) in [6, 6.07) is 13.8. The summed E-state index contributed by atoms with van der Waals surface area (Å²) in [7, 11) is -1.04. The summed E-state index contributed by atoms with van der Waals surface area (Å²) in [5.41, 5.74) is 8.59. The Bertz CT molecular complexity index is 792. The molecule has 102 valence electrons. The van der Waals surface area contributed by atoms with Crippen molar-refractivity contribution < 1.29 is 4.21 Å². The molecule has 0 amide bonds. The SMILES string of the molecule is Cc1cc(N)ccc1S(=O)Cc1csc2ccccc12. The first kappa shape index (κ1) is 13.3. The van der Waals surface area contributed by atoms with Gasteiger partial charge in [-0.3, -0.25) is 4.21 Å². The van der Waals surface area contributed by atoms with E-state index < -0.39 is 10.8 Å². The first-order valence-corrected chi connectivity index (χ1v) is 8.54. The van der Waals surface area contributed by atoms with Crippen LogP contribution in [0.25, 0.3) is 10.1 Å². The Balaban J connectivity index is 1.92. The second-order valence-electron chi connectivity index (χ2n) is 4.77. The summed E-state index contributed by atoms with van der Waals surface area (Å²) >= 11 is 1.70. The van der Waals surface area contributed by atoms with E-state index in [0.717, 1.165) is 16.0 Å². The lowest BCUT2D eigenvalue weighted by molar-refractivity contribution is 0.682. The van der Waals surface area contributed by atoms with Crippen molar-refractivity contribution >= 4 is 37.9 Å². The maximum absolute atomic E-state index is 12.6. The predicted octanol–water partition coefficient (Wildman–Crippen LogP) is 4.10. The van der Waals surface area contributed by atoms with Crippen LogP contribution in [-0.4, -0.2) is 4.21 Å². The molecular formula is C16H15NOS2. The Labute approximate surface area is 124 Å². The highest BCUT2D eigenvalue weighted by Gasteiger charge is 2.11. The molecular weight excluding hydrogens is 286 g/mol. The van der Waals surface area contributed by atoms with Gasteiger partial charge in [-0.25, -0.2) is 0 Å². The maximum atomic E-state index is 12.6. The van der Waals surface area contributed by atoms with E-state index in [1.165, 1.54) is 10.1 Å². The van der Waals surface area contributed by atoms with Crippen molar-refractivity contribution in [2.45, 2.75) is 17.6 Å². The van der Waals surface area contributed by atoms with Crippen LogP contribution in [0.3, 0.4) is 0 Å². The van der Waals surface area contributed by atoms with E-state index in [-0.39, 0.29) is 0 Å². The zero-order valence-electron chi connectivity index (χ0n) is 11.1. The Kier molecular flexibility index (Phi) is 3.59. The van der Waals surface area contributed by atoms with Gasteiger partial charge < -0.3 is 5.73 Å². The standard InChI is InChI=1S/C16H15NOS2/c1-11-8-13(17)6-7-16(11)20(18)10-12-9-19-15-5-3-2-4-14(12)15/h2-9H,10,17H2,1H3. The average Bonchev–Trinajstić information content (AvgIpc) is 2.82. The number of nitrogen functional groups attached to an aromatic ring is 1. The molecule has 0 spiro atoms. The molecule has 2 N–H and O–H groups in total. The minimum Gasteiger partial charge on any atom is -0.399 e. The van der Waals surface area contributed by atoms with E-state index in [2.05, 4.69) is 17.5 Å². The highest BCUT2D eigenvalue weighted by molar-refractivity contribution is 7.84. The number of fused-ring (bicyclic) bond motifs is 1. The molecule has 1 atom stereocenters. The number of hydrogen-bond acceptors (Lipinski definition) is 3. The smallest absolute Gasteiger partial charge is 0.0577 e. The number of anilines is 1. The van der Waals surface area contributed by atoms with Gasteiger partial charge in [0, 0.05) is 15.3 Å². The Morgan fingerprint density at radius 1 is 1.20 bits per heavy atom. The van der Waals surface area contributed by atoms with Gasteiger partial charge in [0.25, 0.3) is 0 Å². The monoisotopic (exact) mass is 301 g/mol. The van der Waals surface area contributed by atoms with Gasteiger partial charge in [0.15, 0.2) is 0 Å². The maximum Gasteiger partial charge on any atom is 0.0577 e. The topological polar surface area (TPSA) is 43.1 Å². The van der Waals surface area contributed by atoms with Crippen LogP contribution in [0.5, 0.6) is 0 Å². The van der Waals surface area contributed by atoms with Gasteiger partial charge in [0.05, 0.1) is 16.6 Å². The lowest BCUT2D eigenvalue weighted by atomic mass is 10.2. The van der Waals surface area contributed by atoms with Gasteiger partial charge in [-0.1, -0.05) is 18.2 Å². The molecule has 0 fully saturated rings. The number of hydrogen-bond donors (Lipinski definition) is 1. The number of aryl methyl sites for hydroxylation is 1. The first-order valence-electron chi connectivity index (χ1n) is 6.35. The van der Waals surface area contributed by atoms with Crippen molar-refractivity contribution in [3.63, 3.8) is 0 Å². The van der Waals surface area contributed by atoms with Crippen LogP contribution in [0.15, 0.2) is 52.7 Å². The molecule has 1 aromatic heterocycles. The fourth-order valence-electron chi connectivity index (χ4n) is 2.29. The van der Waals surface area contributed by atoms with Gasteiger partial charge in [-0.05, 0) is 53.1 Å². The van der Waals surface area contributed by atoms with E-state index in [1.807, 2.05) is 37.3 Å². The van der Waals surface area contributed by atoms with Gasteiger partial charge in [0.1, 0.15) is 0 Å². The van der Waals surface area contributed by atoms with Crippen molar-refractivity contribution in [2.24, 2.45) is 0 Å². The molecule has 0 radical (unpaired) electrons. The van der Waals surface area contributed by atoms with E-state index in [9.17, 15) is 4.21 Å². The molecule has 4 heteroatoms. The third kappa shape index (κ3) is 2.49. The summed E-state index contributed by atoms with van der Waals surface area (Å²) in [6.45, 7) is 1.95. The van der Waals surface area contributed by atoms with E-state index >= 15 is 0 Å². The molecule has 2 aromatic carbocycles. The lowest BCUT2D eigenvalue weighted by Crippen LogP contribution is -1.99. The molecule has 0 saturated carbocycles. The van der Waals surface area contributed by atoms with Gasteiger partial charge >= 0.3 is 0 Å². The van der Waals surface area contributed by atoms with Crippen molar-refractivity contribution in [1.29, 1.82) is 0 Å². The molecule has 0 aliphatic carbocycles. The molecule has 1 unspecified atom stereocenters. The second-order valence-corrected chi connectivity index (χ2v) is 7.10. The summed E-state index contributed by atoms with van der Waals surface area (Å²) < 4.78 is 13.8. The van der Waals surface area contributed by atoms with Crippen LogP contribution in [-0.2, 0) is 16.6 Å². The predicted molar refractivity (Wildman–Crippen MR) is 87.5 cm³/mol. The van der Waals surface area contributed by atoms with Crippen molar-refractivity contribution in [2.75, 3.05) is 5.73 Å². The minimum absolute atomic E-state index is 0.550. The van der Waals surface area contributed by atoms with Crippen LogP contribution in [0.1, 0.15) is 11.1 Å². The molecule has 3 aromatic rings. The summed E-state index contributed by atoms with van der Waals surface area (Å²) in [4.78, 5) is 0.870. The second kappa shape index (κ2) is 5.38. The normalized spacial score (nSPS) is 12.7. The van der Waals surface area contributed by atoms with Crippen LogP contribution in [0, 0.1) is 6.92 Å². The Morgan fingerprint density at radius 3 is 2.80 bits per heavy atom. The number of benzene rings is 2. The van der Waals surface area contributed by atoms with E-state index in [1.54, 1.807) is 11.3 Å². The molecule has 1 heterocycles. The van der Waals surface area contributed by atoms with Crippen LogP contribution >= 0.6 is 11.3 Å². The van der Waals surface area contributed by atoms with Gasteiger partial charge in [0.2, 0.25) is 0 Å². The number of rotatable bonds is 3. The molecule has 20 heavy (non-hydrogen) atoms. The van der Waals surface area contributed by atoms with Crippen LogP contribution < -0.4 is 5.73 Å². The zero-order chi connectivity index (χ0) is 14.1. The third-order valence-electron chi connectivity index (χ3n) is 3.29. The summed E-state index contributed by atoms with van der Waals surface area (Å²) in [5.74, 6) is 0.550. The lowest BCUT2D eigenvalue weighted by Gasteiger charge is -2.06. The average molecular weight is 301 g/mol. The Morgan fingerprint density at radius 2 is 2.00 bits per heavy atom. The summed E-state index contributed by atoms with van der Waals surface area (Å²) in [5, 5.41) is 3.31. The van der Waals surface area contributed by atoms with Crippen LogP contribution in [0.2, 0.25) is 0 Å². The Hall–Kier alpha value is -1.65. The number of thiophene rings is 1. The highest BCUT2D eigenvalue weighted by atomic mass is 32.2. The molecule has 3 rings (SSSR count). The zero-order valence-corrected chi connectivity index (χ0v) is 12.8. The molecule has 0 saturated heterocycles. The molecule has 0 aliphatic rings. The molecule has 0 aliphatic heterocycles. The van der Waals surface area contributed by atoms with Crippen molar-refractivity contribution in [3.8, 4) is 0 Å². The highest BCUT2D eigenvalue weighted by Crippen LogP contribution is 2.28. The largest absolute Gasteiger partial charge is 0.399 e. The first-order chi connectivity index (χ1) is 9.65. The van der Waals surface area contributed by atoms with Gasteiger partial charge in [-0.2, -0.15) is 0 Å². The molecule has 2 nitrogen and oxygen atoms in total. The van der Waals surface area contributed by atoms with Crippen molar-refractivity contribution in [1.82, 2.24) is 0 Å². The van der Waals surface area contributed by atoms with E-state index in [0.29, 0.717) is 11.4 Å². The van der Waals surface area contributed by atoms with Crippen molar-refractivity contribution in [3.05, 3.63) is 59.0 Å². The van der Waals surface area contributed by atoms with E-state index in [4.69, 9.17) is 5.73 Å². The third-order valence-corrected chi connectivity index (χ3v) is 5.83. The summed E-state index contributed by atoms with van der Waals surface area (Å²) in [6.07, 6.45) is 0. The molecule has 0 bridgehead atoms. The fourth-order valence-corrected chi connectivity index (χ4v) is 4.67. The fraction of sp³-hybridized carbons (Fsp3) is 0.125. The van der Waals surface area contributed by atoms with Gasteiger partial charge in [-0.15, -0.1) is 11.3 Å². The quantitative estimate of drug-likeness (QED) is 0.740. The number of nitrogens with two attached hydrogens (primary N) is 1.